The van der Waals surface area contributed by atoms with Crippen LogP contribution in [0.5, 0.6) is 0 Å². The third-order valence-electron chi connectivity index (χ3n) is 2.74. The van der Waals surface area contributed by atoms with Crippen molar-refractivity contribution in [3.63, 3.8) is 0 Å². The number of rotatable bonds is 4. The molecule has 0 aliphatic carbocycles. The largest absolute Gasteiger partial charge is 0.329 e. The van der Waals surface area contributed by atoms with E-state index in [1.807, 2.05) is 13.8 Å². The number of nitro groups is 1. The summed E-state index contributed by atoms with van der Waals surface area (Å²) in [7, 11) is 0. The van der Waals surface area contributed by atoms with Crippen LogP contribution in [0.1, 0.15) is 19.5 Å². The molecule has 2 aromatic rings. The zero-order valence-electron chi connectivity index (χ0n) is 11.0. The summed E-state index contributed by atoms with van der Waals surface area (Å²) in [6.07, 6.45) is 0.480. The fourth-order valence-corrected chi connectivity index (χ4v) is 2.44. The van der Waals surface area contributed by atoms with Gasteiger partial charge in [-0.05, 0) is 18.1 Å². The standard InChI is InChI=1S/C13H13Cl2N3O2/c1-8(2)7-10-12(18(19)20)13(15)17(16-10)11-6-4-3-5-9(11)14/h3-6,8H,7H2,1-2H3. The molecule has 0 unspecified atom stereocenters. The van der Waals surface area contributed by atoms with Crippen LogP contribution in [0, 0.1) is 16.0 Å². The number of halogens is 2. The molecule has 0 N–H and O–H groups in total. The summed E-state index contributed by atoms with van der Waals surface area (Å²) in [5.41, 5.74) is 0.743. The van der Waals surface area contributed by atoms with E-state index in [-0.39, 0.29) is 16.8 Å². The van der Waals surface area contributed by atoms with Crippen molar-refractivity contribution < 1.29 is 4.92 Å². The molecule has 0 saturated carbocycles. The predicted molar refractivity (Wildman–Crippen MR) is 78.8 cm³/mol. The van der Waals surface area contributed by atoms with Gasteiger partial charge in [0, 0.05) is 6.42 Å². The van der Waals surface area contributed by atoms with Crippen LogP contribution in [0.2, 0.25) is 10.2 Å². The van der Waals surface area contributed by atoms with Crippen LogP contribution >= 0.6 is 23.2 Å². The van der Waals surface area contributed by atoms with Crippen LogP contribution in [-0.4, -0.2) is 14.7 Å². The average Bonchev–Trinajstić information content (AvgIpc) is 2.66. The van der Waals surface area contributed by atoms with Gasteiger partial charge in [-0.25, -0.2) is 4.68 Å². The van der Waals surface area contributed by atoms with Crippen molar-refractivity contribution in [1.29, 1.82) is 0 Å². The summed E-state index contributed by atoms with van der Waals surface area (Å²) >= 11 is 12.2. The molecule has 5 nitrogen and oxygen atoms in total. The summed E-state index contributed by atoms with van der Waals surface area (Å²) in [5.74, 6) is 0.236. The predicted octanol–water partition coefficient (Wildman–Crippen LogP) is 4.29. The molecule has 0 atom stereocenters. The first kappa shape index (κ1) is 14.8. The number of nitrogens with zero attached hydrogens (tertiary/aromatic N) is 3. The lowest BCUT2D eigenvalue weighted by Crippen LogP contribution is -2.00. The summed E-state index contributed by atoms with van der Waals surface area (Å²) in [6.45, 7) is 3.93. The number of hydrogen-bond acceptors (Lipinski definition) is 3. The maximum absolute atomic E-state index is 11.2. The Morgan fingerprint density at radius 3 is 2.55 bits per heavy atom. The summed E-state index contributed by atoms with van der Waals surface area (Å²) in [4.78, 5) is 10.7. The highest BCUT2D eigenvalue weighted by Gasteiger charge is 2.28. The molecule has 7 heteroatoms. The molecule has 1 heterocycles. The van der Waals surface area contributed by atoms with Crippen molar-refractivity contribution in [2.45, 2.75) is 20.3 Å². The Bertz CT molecular complexity index is 653. The number of benzene rings is 1. The van der Waals surface area contributed by atoms with Gasteiger partial charge >= 0.3 is 5.69 Å². The van der Waals surface area contributed by atoms with E-state index in [2.05, 4.69) is 5.10 Å². The average molecular weight is 314 g/mol. The Hall–Kier alpha value is -1.59. The fraction of sp³-hybridized carbons (Fsp3) is 0.308. The van der Waals surface area contributed by atoms with Crippen molar-refractivity contribution in [3.8, 4) is 5.69 Å². The zero-order chi connectivity index (χ0) is 14.9. The maximum Gasteiger partial charge on any atom is 0.329 e. The van der Waals surface area contributed by atoms with Gasteiger partial charge in [-0.3, -0.25) is 10.1 Å². The lowest BCUT2D eigenvalue weighted by Gasteiger charge is -2.04. The molecule has 0 fully saturated rings. The van der Waals surface area contributed by atoms with Gasteiger partial charge in [-0.2, -0.15) is 5.10 Å². The Labute approximate surface area is 126 Å². The molecule has 0 spiro atoms. The van der Waals surface area contributed by atoms with Crippen LogP contribution in [-0.2, 0) is 6.42 Å². The molecular formula is C13H13Cl2N3O2. The van der Waals surface area contributed by atoms with Crippen LogP contribution in [0.3, 0.4) is 0 Å². The third kappa shape index (κ3) is 2.78. The highest BCUT2D eigenvalue weighted by molar-refractivity contribution is 6.34. The number of aromatic nitrogens is 2. The Kier molecular flexibility index (Phi) is 4.30. The number of para-hydroxylation sites is 1. The number of hydrogen-bond donors (Lipinski definition) is 0. The first-order chi connectivity index (χ1) is 9.41. The molecule has 20 heavy (non-hydrogen) atoms. The topological polar surface area (TPSA) is 61.0 Å². The monoisotopic (exact) mass is 313 g/mol. The van der Waals surface area contributed by atoms with Gasteiger partial charge in [0.05, 0.1) is 15.6 Å². The van der Waals surface area contributed by atoms with E-state index in [0.29, 0.717) is 22.8 Å². The van der Waals surface area contributed by atoms with E-state index in [0.717, 1.165) is 0 Å². The van der Waals surface area contributed by atoms with E-state index < -0.39 is 4.92 Å². The van der Waals surface area contributed by atoms with E-state index in [9.17, 15) is 10.1 Å². The molecule has 0 aliphatic heterocycles. The van der Waals surface area contributed by atoms with E-state index >= 15 is 0 Å². The first-order valence-electron chi connectivity index (χ1n) is 6.08. The fourth-order valence-electron chi connectivity index (χ4n) is 1.92. The minimum atomic E-state index is -0.500. The molecule has 1 aromatic heterocycles. The molecule has 0 aliphatic rings. The lowest BCUT2D eigenvalue weighted by atomic mass is 10.1. The first-order valence-corrected chi connectivity index (χ1v) is 6.84. The van der Waals surface area contributed by atoms with Gasteiger partial charge in [0.2, 0.25) is 5.15 Å². The van der Waals surface area contributed by atoms with E-state index in [4.69, 9.17) is 23.2 Å². The molecule has 0 bridgehead atoms. The lowest BCUT2D eigenvalue weighted by molar-refractivity contribution is -0.385. The second-order valence-corrected chi connectivity index (χ2v) is 5.57. The van der Waals surface area contributed by atoms with E-state index in [1.54, 1.807) is 24.3 Å². The van der Waals surface area contributed by atoms with Crippen LogP contribution in [0.25, 0.3) is 5.69 Å². The molecular weight excluding hydrogens is 301 g/mol. The van der Waals surface area contributed by atoms with Gasteiger partial charge < -0.3 is 0 Å². The quantitative estimate of drug-likeness (QED) is 0.625. The molecule has 0 radical (unpaired) electrons. The second kappa shape index (κ2) is 5.81. The van der Waals surface area contributed by atoms with Crippen molar-refractivity contribution in [3.05, 3.63) is 50.2 Å². The van der Waals surface area contributed by atoms with Crippen LogP contribution < -0.4 is 0 Å². The minimum absolute atomic E-state index is 0.0289. The van der Waals surface area contributed by atoms with Gasteiger partial charge in [0.25, 0.3) is 0 Å². The maximum atomic E-state index is 11.2. The highest BCUT2D eigenvalue weighted by atomic mass is 35.5. The molecule has 106 valence electrons. The van der Waals surface area contributed by atoms with Crippen molar-refractivity contribution in [2.75, 3.05) is 0 Å². The highest BCUT2D eigenvalue weighted by Crippen LogP contribution is 2.33. The van der Waals surface area contributed by atoms with Crippen LogP contribution in [0.4, 0.5) is 5.69 Å². The van der Waals surface area contributed by atoms with Gasteiger partial charge in [0.15, 0.2) is 0 Å². The normalized spacial score (nSPS) is 11.1. The second-order valence-electron chi connectivity index (χ2n) is 4.80. The van der Waals surface area contributed by atoms with Crippen LogP contribution in [0.15, 0.2) is 24.3 Å². The van der Waals surface area contributed by atoms with Crippen molar-refractivity contribution in [2.24, 2.45) is 5.92 Å². The zero-order valence-corrected chi connectivity index (χ0v) is 12.5. The Morgan fingerprint density at radius 2 is 2.00 bits per heavy atom. The van der Waals surface area contributed by atoms with Gasteiger partial charge in [0.1, 0.15) is 5.69 Å². The molecule has 0 amide bonds. The third-order valence-corrected chi connectivity index (χ3v) is 3.40. The molecule has 1 aromatic carbocycles. The summed E-state index contributed by atoms with van der Waals surface area (Å²) in [5, 5.41) is 15.9. The molecule has 2 rings (SSSR count). The Morgan fingerprint density at radius 1 is 1.35 bits per heavy atom. The minimum Gasteiger partial charge on any atom is -0.258 e. The molecule has 0 saturated heterocycles. The van der Waals surface area contributed by atoms with E-state index in [1.165, 1.54) is 4.68 Å². The summed E-state index contributed by atoms with van der Waals surface area (Å²) < 4.78 is 1.32. The van der Waals surface area contributed by atoms with Gasteiger partial charge in [-0.15, -0.1) is 0 Å². The van der Waals surface area contributed by atoms with Crippen molar-refractivity contribution >= 4 is 28.9 Å². The van der Waals surface area contributed by atoms with Crippen molar-refractivity contribution in [1.82, 2.24) is 9.78 Å². The summed E-state index contributed by atoms with van der Waals surface area (Å²) in [6, 6.07) is 6.94. The smallest absolute Gasteiger partial charge is 0.258 e. The van der Waals surface area contributed by atoms with Gasteiger partial charge in [-0.1, -0.05) is 49.2 Å². The Balaban J connectivity index is 2.61. The SMILES string of the molecule is CC(C)Cc1nn(-c2ccccc2Cl)c(Cl)c1[N+](=O)[O-].